The molecule has 0 saturated heterocycles. The van der Waals surface area contributed by atoms with Crippen molar-refractivity contribution in [3.05, 3.63) is 59.6 Å². The maximum Gasteiger partial charge on any atom is 0.296 e. The van der Waals surface area contributed by atoms with Gasteiger partial charge in [-0.1, -0.05) is 13.0 Å². The Morgan fingerprint density at radius 2 is 2.03 bits per heavy atom. The molecule has 3 heterocycles. The van der Waals surface area contributed by atoms with Crippen LogP contribution in [0.2, 0.25) is 0 Å². The van der Waals surface area contributed by atoms with Crippen LogP contribution in [-0.4, -0.2) is 34.7 Å². The van der Waals surface area contributed by atoms with Crippen LogP contribution in [0.5, 0.6) is 11.6 Å². The van der Waals surface area contributed by atoms with Gasteiger partial charge in [0.25, 0.3) is 18.4 Å². The van der Waals surface area contributed by atoms with Gasteiger partial charge in [0.2, 0.25) is 12.3 Å². The van der Waals surface area contributed by atoms with Gasteiger partial charge >= 0.3 is 0 Å². The Morgan fingerprint density at radius 1 is 1.25 bits per heavy atom. The Bertz CT molecular complexity index is 1010. The van der Waals surface area contributed by atoms with Crippen molar-refractivity contribution in [2.75, 3.05) is 0 Å². The molecule has 4 rings (SSSR count). The third-order valence-electron chi connectivity index (χ3n) is 5.92. The second kappa shape index (κ2) is 10.3. The number of primary amides is 1. The first-order chi connectivity index (χ1) is 15.3. The Balaban J connectivity index is 0.000000913. The summed E-state index contributed by atoms with van der Waals surface area (Å²) in [5.41, 5.74) is 6.76. The lowest BCUT2D eigenvalue weighted by molar-refractivity contribution is -0.106. The lowest BCUT2D eigenvalue weighted by Crippen LogP contribution is -2.38. The maximum atomic E-state index is 14.5. The minimum absolute atomic E-state index is 0.0862. The second-order valence-corrected chi connectivity index (χ2v) is 8.06. The van der Waals surface area contributed by atoms with E-state index in [-0.39, 0.29) is 24.7 Å². The van der Waals surface area contributed by atoms with Gasteiger partial charge in [-0.3, -0.25) is 9.78 Å². The average molecular weight is 442 g/mol. The summed E-state index contributed by atoms with van der Waals surface area (Å²) in [5.74, 6) is -2.11. The van der Waals surface area contributed by atoms with Crippen molar-refractivity contribution in [3.8, 4) is 11.6 Å². The minimum atomic E-state index is -2.68. The Labute approximate surface area is 186 Å². The molecule has 0 spiro atoms. The second-order valence-electron chi connectivity index (χ2n) is 8.06. The van der Waals surface area contributed by atoms with E-state index in [9.17, 15) is 8.78 Å². The van der Waals surface area contributed by atoms with Crippen molar-refractivity contribution in [1.82, 2.24) is 14.6 Å². The van der Waals surface area contributed by atoms with Crippen molar-refractivity contribution in [2.24, 2.45) is 17.6 Å². The highest BCUT2D eigenvalue weighted by Crippen LogP contribution is 2.48. The molecule has 0 bridgehead atoms. The van der Waals surface area contributed by atoms with Gasteiger partial charge in [-0.25, -0.2) is 13.8 Å². The number of alkyl halides is 2. The molecule has 1 fully saturated rings. The van der Waals surface area contributed by atoms with E-state index in [0.717, 1.165) is 11.3 Å². The number of aromatic nitrogens is 2. The number of hydrogen-bond acceptors (Lipinski definition) is 4. The van der Waals surface area contributed by atoms with Crippen LogP contribution in [0.1, 0.15) is 43.4 Å². The summed E-state index contributed by atoms with van der Waals surface area (Å²) in [5, 5.41) is 0. The third kappa shape index (κ3) is 5.65. The van der Waals surface area contributed by atoms with E-state index in [1.165, 1.54) is 0 Å². The van der Waals surface area contributed by atoms with Gasteiger partial charge in [-0.05, 0) is 43.4 Å². The number of pyridine rings is 2. The molecule has 2 N–H and O–H groups in total. The smallest absolute Gasteiger partial charge is 0.296 e. The third-order valence-corrected chi connectivity index (χ3v) is 5.92. The summed E-state index contributed by atoms with van der Waals surface area (Å²) in [6, 6.07) is 7.52. The van der Waals surface area contributed by atoms with Crippen LogP contribution in [-0.2, 0) is 4.79 Å². The molecule has 1 aliphatic carbocycles. The number of hydrogen-bond donors (Lipinski definition) is 1. The molecule has 32 heavy (non-hydrogen) atoms. The number of amides is 1. The Kier molecular flexibility index (Phi) is 7.49. The van der Waals surface area contributed by atoms with E-state index >= 15 is 0 Å². The quantitative estimate of drug-likeness (QED) is 0.561. The number of nitrogens with two attached hydrogens (primary N) is 1. The molecule has 2 aliphatic rings. The van der Waals surface area contributed by atoms with Gasteiger partial charge in [0, 0.05) is 36.4 Å². The van der Waals surface area contributed by atoms with Gasteiger partial charge in [0.15, 0.2) is 0 Å². The first-order valence-electron chi connectivity index (χ1n) is 10.5. The molecule has 1 amide bonds. The molecule has 1 aliphatic heterocycles. The highest BCUT2D eigenvalue weighted by atomic mass is 19.3. The maximum absolute atomic E-state index is 14.5. The van der Waals surface area contributed by atoms with Crippen molar-refractivity contribution in [2.45, 2.75) is 45.0 Å². The van der Waals surface area contributed by atoms with Crippen LogP contribution in [0.3, 0.4) is 0 Å². The van der Waals surface area contributed by atoms with Crippen molar-refractivity contribution in [1.29, 1.82) is 0 Å². The number of halogens is 2. The van der Waals surface area contributed by atoms with Crippen LogP contribution >= 0.6 is 0 Å². The van der Waals surface area contributed by atoms with E-state index in [0.29, 0.717) is 30.0 Å². The minimum Gasteiger partial charge on any atom is -0.437 e. The summed E-state index contributed by atoms with van der Waals surface area (Å²) in [6.45, 7) is 4.04. The summed E-state index contributed by atoms with van der Waals surface area (Å²) in [7, 11) is 0. The lowest BCUT2D eigenvalue weighted by atomic mass is 9.70. The molecule has 0 radical (unpaired) electrons. The lowest BCUT2D eigenvalue weighted by Gasteiger charge is -2.37. The molecule has 8 heteroatoms. The average Bonchev–Trinajstić information content (AvgIpc) is 3.30. The number of aryl methyl sites for hydroxylation is 1. The van der Waals surface area contributed by atoms with E-state index < -0.39 is 11.8 Å². The highest BCUT2D eigenvalue weighted by molar-refractivity contribution is 5.93. The molecular weight excluding hydrogens is 414 g/mol. The SMILES string of the molecule is Cc1ccc(Oc2ccc(C(C)C3CCC(F)(F)C(C4=CC=[N+]=C4)C3)nc2)nc1.NC=O. The van der Waals surface area contributed by atoms with Crippen LogP contribution in [0.4, 0.5) is 8.78 Å². The summed E-state index contributed by atoms with van der Waals surface area (Å²) in [4.78, 5) is 17.3. The van der Waals surface area contributed by atoms with Crippen molar-refractivity contribution < 1.29 is 18.3 Å². The molecule has 6 nitrogen and oxygen atoms in total. The Hall–Kier alpha value is -3.38. The van der Waals surface area contributed by atoms with Crippen LogP contribution in [0.25, 0.3) is 0 Å². The molecule has 2 aromatic heterocycles. The van der Waals surface area contributed by atoms with Gasteiger partial charge in [0.1, 0.15) is 5.75 Å². The van der Waals surface area contributed by atoms with Crippen molar-refractivity contribution >= 4 is 18.8 Å². The van der Waals surface area contributed by atoms with Gasteiger partial charge in [-0.15, -0.1) is 4.67 Å². The zero-order valence-corrected chi connectivity index (χ0v) is 18.1. The number of carbonyl (C=O) groups excluding carboxylic acids is 1. The summed E-state index contributed by atoms with van der Waals surface area (Å²) in [6.07, 6.45) is 9.35. The van der Waals surface area contributed by atoms with E-state index in [1.54, 1.807) is 30.9 Å². The van der Waals surface area contributed by atoms with Gasteiger partial charge in [0.05, 0.1) is 17.7 Å². The van der Waals surface area contributed by atoms with Crippen LogP contribution in [0, 0.1) is 18.8 Å². The fourth-order valence-electron chi connectivity index (χ4n) is 4.08. The zero-order chi connectivity index (χ0) is 23.1. The molecule has 3 unspecified atom stereocenters. The summed E-state index contributed by atoms with van der Waals surface area (Å²) >= 11 is 0. The fraction of sp³-hybridized carbons (Fsp3) is 0.375. The number of carbonyl (C=O) groups is 1. The van der Waals surface area contributed by atoms with Crippen LogP contribution in [0.15, 0.2) is 48.3 Å². The number of rotatable bonds is 5. The van der Waals surface area contributed by atoms with Gasteiger partial charge < -0.3 is 10.5 Å². The highest BCUT2D eigenvalue weighted by Gasteiger charge is 2.48. The normalized spacial score (nSPS) is 21.8. The molecule has 0 aromatic carbocycles. The standard InChI is InChI=1S/C23H24F2N3O.CH3NO/c1-15-3-6-22(28-12-15)29-19-4-5-21(27-14-19)16(2)17-7-9-23(24,25)20(11-17)18-8-10-26-13-18;2-1-3/h3-6,8,10,12-14,16-17,20H,7,9,11H2,1-2H3;1H,(H2,2,3)/q+1;. The molecule has 168 valence electrons. The van der Waals surface area contributed by atoms with E-state index in [2.05, 4.69) is 27.3 Å². The molecule has 3 atom stereocenters. The topological polar surface area (TPSA) is 92.2 Å². The monoisotopic (exact) mass is 441 g/mol. The van der Waals surface area contributed by atoms with Gasteiger partial charge in [-0.2, -0.15) is 0 Å². The molecular formula is C24H27F2N4O2+. The van der Waals surface area contributed by atoms with E-state index in [1.807, 2.05) is 31.2 Å². The number of ether oxygens (including phenoxy) is 1. The molecule has 1 saturated carbocycles. The van der Waals surface area contributed by atoms with Crippen molar-refractivity contribution in [3.63, 3.8) is 0 Å². The van der Waals surface area contributed by atoms with E-state index in [4.69, 9.17) is 9.53 Å². The molecule has 2 aromatic rings. The summed E-state index contributed by atoms with van der Waals surface area (Å²) < 4.78 is 38.7. The number of allylic oxidation sites excluding steroid dienone is 2. The first kappa shape index (κ1) is 23.3. The Morgan fingerprint density at radius 3 is 2.62 bits per heavy atom. The zero-order valence-electron chi connectivity index (χ0n) is 18.1. The number of nitrogens with zero attached hydrogens (tertiary/aromatic N) is 3. The van der Waals surface area contributed by atoms with Crippen LogP contribution < -0.4 is 15.1 Å². The largest absolute Gasteiger partial charge is 0.437 e. The predicted molar refractivity (Wildman–Crippen MR) is 120 cm³/mol. The first-order valence-corrected chi connectivity index (χ1v) is 10.5. The predicted octanol–water partition coefficient (Wildman–Crippen LogP) is 3.98. The fourth-order valence-corrected chi connectivity index (χ4v) is 4.08.